The van der Waals surface area contributed by atoms with E-state index in [0.717, 1.165) is 19.3 Å². The summed E-state index contributed by atoms with van der Waals surface area (Å²) in [4.78, 5) is 11.7. The van der Waals surface area contributed by atoms with E-state index in [2.05, 4.69) is 17.4 Å². The first-order valence-electron chi connectivity index (χ1n) is 6.00. The van der Waals surface area contributed by atoms with Crippen molar-refractivity contribution in [2.75, 3.05) is 0 Å². The lowest BCUT2D eigenvalue weighted by Crippen LogP contribution is -2.34. The average molecular weight is 228 g/mol. The van der Waals surface area contributed by atoms with E-state index in [4.69, 9.17) is 5.26 Å². The minimum Gasteiger partial charge on any atom is -0.348 e. The van der Waals surface area contributed by atoms with Crippen LogP contribution in [0.4, 0.5) is 0 Å². The molecule has 0 radical (unpaired) electrons. The van der Waals surface area contributed by atoms with Gasteiger partial charge in [0.25, 0.3) is 0 Å². The van der Waals surface area contributed by atoms with Gasteiger partial charge in [0.05, 0.1) is 12.1 Å². The Morgan fingerprint density at radius 2 is 2.29 bits per heavy atom. The summed E-state index contributed by atoms with van der Waals surface area (Å²) in [6, 6.07) is 10.2. The van der Waals surface area contributed by atoms with Crippen molar-refractivity contribution in [3.8, 4) is 6.07 Å². The van der Waals surface area contributed by atoms with E-state index in [1.165, 1.54) is 11.1 Å². The first-order valence-corrected chi connectivity index (χ1v) is 6.00. The maximum absolute atomic E-state index is 11.7. The van der Waals surface area contributed by atoms with Crippen molar-refractivity contribution in [3.63, 3.8) is 0 Å². The molecule has 17 heavy (non-hydrogen) atoms. The Morgan fingerprint density at radius 1 is 1.53 bits per heavy atom. The molecular weight excluding hydrogens is 212 g/mol. The number of carbonyl (C=O) groups is 1. The molecule has 3 heteroatoms. The topological polar surface area (TPSA) is 52.9 Å². The predicted molar refractivity (Wildman–Crippen MR) is 65.0 cm³/mol. The number of fused-ring (bicyclic) bond motifs is 1. The summed E-state index contributed by atoms with van der Waals surface area (Å²) < 4.78 is 0. The number of nitrogens with zero attached hydrogens (tertiary/aromatic N) is 1. The first-order chi connectivity index (χ1) is 8.22. The third-order valence-corrected chi connectivity index (χ3v) is 3.27. The fourth-order valence-corrected chi connectivity index (χ4v) is 2.26. The molecule has 0 bridgehead atoms. The van der Waals surface area contributed by atoms with Crippen LogP contribution in [0.5, 0.6) is 0 Å². The van der Waals surface area contributed by atoms with E-state index in [1.807, 2.05) is 18.2 Å². The van der Waals surface area contributed by atoms with Crippen molar-refractivity contribution in [3.05, 3.63) is 35.4 Å². The normalized spacial score (nSPS) is 19.9. The van der Waals surface area contributed by atoms with Crippen LogP contribution in [0, 0.1) is 17.2 Å². The maximum atomic E-state index is 11.7. The number of rotatable bonds is 2. The molecule has 1 aromatic rings. The second-order valence-electron chi connectivity index (χ2n) is 4.50. The molecular formula is C14H16N2O. The zero-order chi connectivity index (χ0) is 12.3. The van der Waals surface area contributed by atoms with Gasteiger partial charge in [-0.05, 0) is 37.3 Å². The zero-order valence-corrected chi connectivity index (χ0v) is 9.94. The lowest BCUT2D eigenvalue weighted by Gasteiger charge is -2.26. The molecule has 1 amide bonds. The molecule has 0 aliphatic heterocycles. The summed E-state index contributed by atoms with van der Waals surface area (Å²) in [6.45, 7) is 1.63. The van der Waals surface area contributed by atoms with E-state index in [1.54, 1.807) is 6.92 Å². The van der Waals surface area contributed by atoms with Crippen LogP contribution in [0.2, 0.25) is 0 Å². The number of carbonyl (C=O) groups excluding carboxylic acids is 1. The summed E-state index contributed by atoms with van der Waals surface area (Å²) >= 11 is 0. The van der Waals surface area contributed by atoms with Crippen molar-refractivity contribution in [1.82, 2.24) is 5.32 Å². The minimum atomic E-state index is -0.580. The van der Waals surface area contributed by atoms with Crippen LogP contribution in [-0.4, -0.2) is 5.91 Å². The van der Waals surface area contributed by atoms with E-state index in [9.17, 15) is 4.79 Å². The third kappa shape index (κ3) is 2.47. The molecule has 2 rings (SSSR count). The van der Waals surface area contributed by atoms with E-state index in [-0.39, 0.29) is 11.9 Å². The van der Waals surface area contributed by atoms with Gasteiger partial charge in [-0.2, -0.15) is 5.26 Å². The molecule has 1 aliphatic carbocycles. The Morgan fingerprint density at radius 3 is 3.06 bits per heavy atom. The largest absolute Gasteiger partial charge is 0.348 e. The lowest BCUT2D eigenvalue weighted by atomic mass is 9.87. The molecule has 0 saturated heterocycles. The highest BCUT2D eigenvalue weighted by Crippen LogP contribution is 2.29. The van der Waals surface area contributed by atoms with Crippen molar-refractivity contribution < 1.29 is 4.79 Å². The zero-order valence-electron chi connectivity index (χ0n) is 9.94. The average Bonchev–Trinajstić information content (AvgIpc) is 2.38. The lowest BCUT2D eigenvalue weighted by molar-refractivity contribution is -0.123. The van der Waals surface area contributed by atoms with Gasteiger partial charge in [-0.25, -0.2) is 0 Å². The van der Waals surface area contributed by atoms with E-state index < -0.39 is 5.92 Å². The van der Waals surface area contributed by atoms with Gasteiger partial charge in [-0.15, -0.1) is 0 Å². The van der Waals surface area contributed by atoms with Gasteiger partial charge in [0, 0.05) is 0 Å². The van der Waals surface area contributed by atoms with Crippen molar-refractivity contribution in [2.45, 2.75) is 32.2 Å². The predicted octanol–water partition coefficient (Wildman–Crippen LogP) is 2.34. The molecule has 2 atom stereocenters. The Hall–Kier alpha value is -1.82. The Labute approximate surface area is 101 Å². The Bertz CT molecular complexity index is 462. The van der Waals surface area contributed by atoms with Gasteiger partial charge in [0.2, 0.25) is 5.91 Å². The molecule has 0 spiro atoms. The first kappa shape index (κ1) is 11.7. The number of aryl methyl sites for hydroxylation is 1. The van der Waals surface area contributed by atoms with Gasteiger partial charge in [-0.3, -0.25) is 4.79 Å². The Kier molecular flexibility index (Phi) is 3.43. The standard InChI is InChI=1S/C14H16N2O/c1-10(9-15)14(17)16-13-8-4-6-11-5-2-3-7-12(11)13/h2-3,5,7,10,13H,4,6,8H2,1H3,(H,16,17). The molecule has 1 aromatic carbocycles. The molecule has 88 valence electrons. The van der Waals surface area contributed by atoms with Crippen LogP contribution >= 0.6 is 0 Å². The van der Waals surface area contributed by atoms with Crippen LogP contribution in [-0.2, 0) is 11.2 Å². The highest BCUT2D eigenvalue weighted by molar-refractivity contribution is 5.81. The Balaban J connectivity index is 2.14. The highest BCUT2D eigenvalue weighted by atomic mass is 16.1. The second kappa shape index (κ2) is 5.01. The maximum Gasteiger partial charge on any atom is 0.237 e. The number of hydrogen-bond acceptors (Lipinski definition) is 2. The third-order valence-electron chi connectivity index (χ3n) is 3.27. The fraction of sp³-hybridized carbons (Fsp3) is 0.429. The summed E-state index contributed by atoms with van der Waals surface area (Å²) in [5, 5.41) is 11.7. The van der Waals surface area contributed by atoms with Crippen LogP contribution < -0.4 is 5.32 Å². The molecule has 1 aliphatic rings. The van der Waals surface area contributed by atoms with Crippen LogP contribution in [0.3, 0.4) is 0 Å². The van der Waals surface area contributed by atoms with Gasteiger partial charge >= 0.3 is 0 Å². The summed E-state index contributed by atoms with van der Waals surface area (Å²) in [5.74, 6) is -0.752. The number of nitrogens with one attached hydrogen (secondary N) is 1. The van der Waals surface area contributed by atoms with Gasteiger partial charge in [0.1, 0.15) is 5.92 Å². The minimum absolute atomic E-state index is 0.0725. The van der Waals surface area contributed by atoms with Crippen molar-refractivity contribution in [1.29, 1.82) is 5.26 Å². The molecule has 0 saturated carbocycles. The SMILES string of the molecule is CC(C#N)C(=O)NC1CCCc2ccccc21. The quantitative estimate of drug-likeness (QED) is 0.844. The highest BCUT2D eigenvalue weighted by Gasteiger charge is 2.23. The monoisotopic (exact) mass is 228 g/mol. The van der Waals surface area contributed by atoms with Gasteiger partial charge < -0.3 is 5.32 Å². The van der Waals surface area contributed by atoms with Crippen LogP contribution in [0.25, 0.3) is 0 Å². The van der Waals surface area contributed by atoms with Gasteiger partial charge in [0.15, 0.2) is 0 Å². The second-order valence-corrected chi connectivity index (χ2v) is 4.50. The smallest absolute Gasteiger partial charge is 0.237 e. The number of amides is 1. The van der Waals surface area contributed by atoms with E-state index in [0.29, 0.717) is 0 Å². The summed E-state index contributed by atoms with van der Waals surface area (Å²) in [6.07, 6.45) is 3.13. The fourth-order valence-electron chi connectivity index (χ4n) is 2.26. The molecule has 1 N–H and O–H groups in total. The summed E-state index contributed by atoms with van der Waals surface area (Å²) in [7, 11) is 0. The van der Waals surface area contributed by atoms with Crippen molar-refractivity contribution >= 4 is 5.91 Å². The number of hydrogen-bond donors (Lipinski definition) is 1. The van der Waals surface area contributed by atoms with Crippen LogP contribution in [0.1, 0.15) is 36.9 Å². The number of benzene rings is 1. The molecule has 2 unspecified atom stereocenters. The summed E-state index contributed by atoms with van der Waals surface area (Å²) in [5.41, 5.74) is 2.52. The molecule has 0 heterocycles. The molecule has 0 fully saturated rings. The molecule has 0 aromatic heterocycles. The van der Waals surface area contributed by atoms with E-state index >= 15 is 0 Å². The van der Waals surface area contributed by atoms with Crippen molar-refractivity contribution in [2.24, 2.45) is 5.92 Å². The molecule has 3 nitrogen and oxygen atoms in total. The number of nitriles is 1. The van der Waals surface area contributed by atoms with Crippen LogP contribution in [0.15, 0.2) is 24.3 Å². The van der Waals surface area contributed by atoms with Gasteiger partial charge in [-0.1, -0.05) is 24.3 Å².